The van der Waals surface area contributed by atoms with Crippen LogP contribution in [0.4, 0.5) is 0 Å². The van der Waals surface area contributed by atoms with Gasteiger partial charge in [0.05, 0.1) is 11.1 Å². The monoisotopic (exact) mass is 341 g/mol. The summed E-state index contributed by atoms with van der Waals surface area (Å²) in [4.78, 5) is 23.6. The van der Waals surface area contributed by atoms with Crippen molar-refractivity contribution in [2.75, 3.05) is 0 Å². The molecule has 2 N–H and O–H groups in total. The lowest BCUT2D eigenvalue weighted by Crippen LogP contribution is -2.59. The number of esters is 1. The van der Waals surface area contributed by atoms with E-state index < -0.39 is 11.9 Å². The first-order chi connectivity index (χ1) is 10.1. The van der Waals surface area contributed by atoms with Gasteiger partial charge in [-0.1, -0.05) is 12.1 Å². The molecular weight excluding hydrogens is 318 g/mol. The fourth-order valence-corrected chi connectivity index (χ4v) is 3.37. The third kappa shape index (κ3) is 4.94. The highest BCUT2D eigenvalue weighted by Crippen LogP contribution is 2.31. The van der Waals surface area contributed by atoms with E-state index in [0.29, 0.717) is 12.8 Å². The largest absolute Gasteiger partial charge is 0.478 e. The zero-order valence-electron chi connectivity index (χ0n) is 13.9. The number of rotatable bonds is 3. The van der Waals surface area contributed by atoms with E-state index in [0.717, 1.165) is 0 Å². The highest BCUT2D eigenvalue weighted by atomic mass is 35.5. The molecular formula is C17H24ClNO4. The molecule has 0 aromatic heterocycles. The fourth-order valence-electron chi connectivity index (χ4n) is 3.37. The SMILES string of the molecule is CC1(C)CC(OC(=O)c2ccccc2C(=O)O)CC(C)(C)N1.Cl. The summed E-state index contributed by atoms with van der Waals surface area (Å²) in [7, 11) is 0. The van der Waals surface area contributed by atoms with E-state index in [9.17, 15) is 9.59 Å². The summed E-state index contributed by atoms with van der Waals surface area (Å²) in [6, 6.07) is 6.13. The number of nitrogens with one attached hydrogen (secondary N) is 1. The first-order valence-electron chi connectivity index (χ1n) is 7.42. The second-order valence-electron chi connectivity index (χ2n) is 7.18. The Morgan fingerprint density at radius 3 is 2.04 bits per heavy atom. The predicted octanol–water partition coefficient (Wildman–Crippen LogP) is 3.27. The molecule has 1 aromatic carbocycles. The molecule has 0 amide bonds. The van der Waals surface area contributed by atoms with Crippen molar-refractivity contribution in [1.29, 1.82) is 0 Å². The van der Waals surface area contributed by atoms with Crippen LogP contribution in [0.15, 0.2) is 24.3 Å². The van der Waals surface area contributed by atoms with Crippen LogP contribution in [-0.2, 0) is 4.74 Å². The van der Waals surface area contributed by atoms with Gasteiger partial charge in [0.2, 0.25) is 0 Å². The van der Waals surface area contributed by atoms with E-state index in [2.05, 4.69) is 33.0 Å². The first kappa shape index (κ1) is 19.5. The van der Waals surface area contributed by atoms with Gasteiger partial charge in [-0.2, -0.15) is 0 Å². The maximum Gasteiger partial charge on any atom is 0.339 e. The van der Waals surface area contributed by atoms with Gasteiger partial charge in [0.1, 0.15) is 6.10 Å². The molecule has 0 aliphatic carbocycles. The maximum absolute atomic E-state index is 12.4. The molecule has 1 heterocycles. The number of piperidine rings is 1. The molecule has 23 heavy (non-hydrogen) atoms. The smallest absolute Gasteiger partial charge is 0.339 e. The van der Waals surface area contributed by atoms with Gasteiger partial charge in [-0.25, -0.2) is 9.59 Å². The van der Waals surface area contributed by atoms with Crippen LogP contribution in [0.5, 0.6) is 0 Å². The molecule has 1 fully saturated rings. The standard InChI is InChI=1S/C17H23NO4.ClH/c1-16(2)9-11(10-17(3,4)18-16)22-15(21)13-8-6-5-7-12(13)14(19)20;/h5-8,11,18H,9-10H2,1-4H3,(H,19,20);1H. The summed E-state index contributed by atoms with van der Waals surface area (Å²) < 4.78 is 5.60. The molecule has 0 atom stereocenters. The Morgan fingerprint density at radius 1 is 1.09 bits per heavy atom. The second-order valence-corrected chi connectivity index (χ2v) is 7.18. The van der Waals surface area contributed by atoms with Crippen molar-refractivity contribution in [2.24, 2.45) is 0 Å². The molecule has 2 rings (SSSR count). The van der Waals surface area contributed by atoms with Crippen LogP contribution in [0.1, 0.15) is 61.3 Å². The number of halogens is 1. The van der Waals surface area contributed by atoms with Gasteiger partial charge in [-0.05, 0) is 39.8 Å². The number of aromatic carboxylic acids is 1. The minimum atomic E-state index is -1.13. The number of carbonyl (C=O) groups excluding carboxylic acids is 1. The highest BCUT2D eigenvalue weighted by molar-refractivity contribution is 6.02. The summed E-state index contributed by atoms with van der Waals surface area (Å²) in [5.74, 6) is -1.70. The van der Waals surface area contributed by atoms with Gasteiger partial charge < -0.3 is 15.2 Å². The van der Waals surface area contributed by atoms with Gasteiger partial charge >= 0.3 is 11.9 Å². The number of carboxylic acids is 1. The summed E-state index contributed by atoms with van der Waals surface area (Å²) >= 11 is 0. The lowest BCUT2D eigenvalue weighted by Gasteiger charge is -2.45. The van der Waals surface area contributed by atoms with Crippen molar-refractivity contribution in [1.82, 2.24) is 5.32 Å². The van der Waals surface area contributed by atoms with Crippen LogP contribution >= 0.6 is 12.4 Å². The number of carboxylic acid groups (broad SMARTS) is 1. The zero-order chi connectivity index (χ0) is 16.5. The van der Waals surface area contributed by atoms with E-state index in [1.807, 2.05) is 0 Å². The van der Waals surface area contributed by atoms with Crippen LogP contribution in [-0.4, -0.2) is 34.2 Å². The van der Waals surface area contributed by atoms with Crippen LogP contribution in [0.25, 0.3) is 0 Å². The number of benzene rings is 1. The summed E-state index contributed by atoms with van der Waals surface area (Å²) in [6.07, 6.45) is 1.15. The topological polar surface area (TPSA) is 75.6 Å². The van der Waals surface area contributed by atoms with Crippen LogP contribution < -0.4 is 5.32 Å². The van der Waals surface area contributed by atoms with Gasteiger partial charge in [0, 0.05) is 23.9 Å². The van der Waals surface area contributed by atoms with Crippen LogP contribution in [0.3, 0.4) is 0 Å². The molecule has 0 spiro atoms. The molecule has 1 aromatic rings. The predicted molar refractivity (Wildman–Crippen MR) is 90.4 cm³/mol. The Hall–Kier alpha value is -1.59. The quantitative estimate of drug-likeness (QED) is 0.825. The Balaban J connectivity index is 0.00000264. The molecule has 128 valence electrons. The molecule has 6 heteroatoms. The van der Waals surface area contributed by atoms with Crippen molar-refractivity contribution < 1.29 is 19.4 Å². The summed E-state index contributed by atoms with van der Waals surface area (Å²) in [6.45, 7) is 8.28. The van der Waals surface area contributed by atoms with Crippen molar-refractivity contribution in [3.63, 3.8) is 0 Å². The molecule has 0 saturated carbocycles. The maximum atomic E-state index is 12.4. The van der Waals surface area contributed by atoms with Gasteiger partial charge in [-0.3, -0.25) is 0 Å². The minimum Gasteiger partial charge on any atom is -0.478 e. The molecule has 0 radical (unpaired) electrons. The number of hydrogen-bond donors (Lipinski definition) is 2. The van der Waals surface area contributed by atoms with Gasteiger partial charge in [-0.15, -0.1) is 12.4 Å². The van der Waals surface area contributed by atoms with E-state index in [1.54, 1.807) is 12.1 Å². The highest BCUT2D eigenvalue weighted by Gasteiger charge is 2.39. The number of hydrogen-bond acceptors (Lipinski definition) is 4. The average Bonchev–Trinajstić information content (AvgIpc) is 2.34. The first-order valence-corrected chi connectivity index (χ1v) is 7.42. The van der Waals surface area contributed by atoms with E-state index >= 15 is 0 Å². The lowest BCUT2D eigenvalue weighted by atomic mass is 9.81. The van der Waals surface area contributed by atoms with Crippen molar-refractivity contribution >= 4 is 24.3 Å². The Kier molecular flexibility index (Phi) is 5.83. The Bertz CT molecular complexity index is 582. The van der Waals surface area contributed by atoms with Gasteiger partial charge in [0.25, 0.3) is 0 Å². The normalized spacial score (nSPS) is 19.5. The third-order valence-electron chi connectivity index (χ3n) is 3.80. The number of ether oxygens (including phenoxy) is 1. The van der Waals surface area contributed by atoms with E-state index in [1.165, 1.54) is 12.1 Å². The molecule has 0 bridgehead atoms. The molecule has 5 nitrogen and oxygen atoms in total. The van der Waals surface area contributed by atoms with Crippen LogP contribution in [0, 0.1) is 0 Å². The van der Waals surface area contributed by atoms with E-state index in [-0.39, 0.29) is 40.7 Å². The van der Waals surface area contributed by atoms with Crippen molar-refractivity contribution in [3.8, 4) is 0 Å². The summed E-state index contributed by atoms with van der Waals surface area (Å²) in [5, 5.41) is 12.7. The van der Waals surface area contributed by atoms with E-state index in [4.69, 9.17) is 9.84 Å². The number of carbonyl (C=O) groups is 2. The molecule has 1 aliphatic heterocycles. The molecule has 0 unspecified atom stereocenters. The van der Waals surface area contributed by atoms with Gasteiger partial charge in [0.15, 0.2) is 0 Å². The average molecular weight is 342 g/mol. The Labute approximate surface area is 142 Å². The second kappa shape index (κ2) is 6.89. The van der Waals surface area contributed by atoms with Crippen molar-refractivity contribution in [3.05, 3.63) is 35.4 Å². The Morgan fingerprint density at radius 2 is 1.57 bits per heavy atom. The molecule has 1 saturated heterocycles. The molecule has 1 aliphatic rings. The summed E-state index contributed by atoms with van der Waals surface area (Å²) in [5.41, 5.74) is -0.206. The minimum absolute atomic E-state index is 0. The van der Waals surface area contributed by atoms with Crippen molar-refractivity contribution in [2.45, 2.75) is 57.7 Å². The fraction of sp³-hybridized carbons (Fsp3) is 0.529. The van der Waals surface area contributed by atoms with Crippen LogP contribution in [0.2, 0.25) is 0 Å². The third-order valence-corrected chi connectivity index (χ3v) is 3.80. The lowest BCUT2D eigenvalue weighted by molar-refractivity contribution is -0.00663. The zero-order valence-corrected chi connectivity index (χ0v) is 14.7.